The van der Waals surface area contributed by atoms with Crippen molar-refractivity contribution in [1.82, 2.24) is 0 Å². The van der Waals surface area contributed by atoms with Crippen molar-refractivity contribution in [3.05, 3.63) is 58.1 Å². The van der Waals surface area contributed by atoms with Crippen molar-refractivity contribution in [3.8, 4) is 5.75 Å². The van der Waals surface area contributed by atoms with Crippen molar-refractivity contribution in [3.63, 3.8) is 0 Å². The predicted molar refractivity (Wildman–Crippen MR) is 84.1 cm³/mol. The van der Waals surface area contributed by atoms with Crippen LogP contribution in [0.2, 0.25) is 0 Å². The number of hydrogen-bond acceptors (Lipinski definition) is 2. The lowest BCUT2D eigenvalue weighted by molar-refractivity contribution is 0.414. The third-order valence-electron chi connectivity index (χ3n) is 3.01. The third-order valence-corrected chi connectivity index (χ3v) is 3.70. The number of methoxy groups -OCH3 is 1. The maximum atomic E-state index is 5.15. The van der Waals surface area contributed by atoms with Crippen LogP contribution in [0.4, 0.5) is 5.69 Å². The summed E-state index contributed by atoms with van der Waals surface area (Å²) in [4.78, 5) is 0. The third kappa shape index (κ3) is 4.00. The normalized spacial score (nSPS) is 10.3. The first-order chi connectivity index (χ1) is 9.19. The number of nitrogens with one attached hydrogen (secondary N) is 1. The zero-order valence-corrected chi connectivity index (χ0v) is 12.8. The molecule has 19 heavy (non-hydrogen) atoms. The Labute approximate surface area is 122 Å². The Morgan fingerprint density at radius 3 is 2.53 bits per heavy atom. The van der Waals surface area contributed by atoms with Crippen LogP contribution in [-0.2, 0) is 6.42 Å². The second-order valence-electron chi connectivity index (χ2n) is 4.51. The van der Waals surface area contributed by atoms with Crippen molar-refractivity contribution in [2.24, 2.45) is 0 Å². The summed E-state index contributed by atoms with van der Waals surface area (Å²) in [6.07, 6.45) is 0.990. The molecule has 2 aromatic carbocycles. The van der Waals surface area contributed by atoms with Gasteiger partial charge < -0.3 is 10.1 Å². The van der Waals surface area contributed by atoms with E-state index < -0.39 is 0 Å². The van der Waals surface area contributed by atoms with Gasteiger partial charge in [0.15, 0.2) is 0 Å². The summed E-state index contributed by atoms with van der Waals surface area (Å²) in [5.41, 5.74) is 3.71. The van der Waals surface area contributed by atoms with Gasteiger partial charge in [-0.2, -0.15) is 0 Å². The van der Waals surface area contributed by atoms with Gasteiger partial charge in [-0.25, -0.2) is 0 Å². The molecule has 0 aromatic heterocycles. The summed E-state index contributed by atoms with van der Waals surface area (Å²) >= 11 is 3.56. The van der Waals surface area contributed by atoms with Crippen LogP contribution in [0.25, 0.3) is 0 Å². The van der Waals surface area contributed by atoms with Crippen molar-refractivity contribution in [1.29, 1.82) is 0 Å². The number of rotatable bonds is 5. The Morgan fingerprint density at radius 1 is 1.11 bits per heavy atom. The quantitative estimate of drug-likeness (QED) is 0.880. The highest BCUT2D eigenvalue weighted by molar-refractivity contribution is 9.10. The monoisotopic (exact) mass is 319 g/mol. The van der Waals surface area contributed by atoms with Gasteiger partial charge in [0, 0.05) is 16.7 Å². The molecule has 100 valence electrons. The molecular weight excluding hydrogens is 302 g/mol. The molecule has 0 heterocycles. The second-order valence-corrected chi connectivity index (χ2v) is 5.36. The standard InChI is InChI=1S/C16H18BrNO/c1-12-3-8-15(17)16(11-12)18-10-9-13-4-6-14(19-2)7-5-13/h3-8,11,18H,9-10H2,1-2H3. The van der Waals surface area contributed by atoms with E-state index in [-0.39, 0.29) is 0 Å². The highest BCUT2D eigenvalue weighted by Crippen LogP contribution is 2.23. The van der Waals surface area contributed by atoms with Crippen molar-refractivity contribution >= 4 is 21.6 Å². The van der Waals surface area contributed by atoms with Gasteiger partial charge >= 0.3 is 0 Å². The van der Waals surface area contributed by atoms with E-state index in [9.17, 15) is 0 Å². The average molecular weight is 320 g/mol. The Kier molecular flexibility index (Phi) is 4.86. The molecule has 0 aliphatic rings. The van der Waals surface area contributed by atoms with Gasteiger partial charge in [-0.15, -0.1) is 0 Å². The number of benzene rings is 2. The Morgan fingerprint density at radius 2 is 1.84 bits per heavy atom. The molecule has 0 spiro atoms. The van der Waals surface area contributed by atoms with Gasteiger partial charge in [0.05, 0.1) is 7.11 Å². The van der Waals surface area contributed by atoms with Gasteiger partial charge in [0.1, 0.15) is 5.75 Å². The predicted octanol–water partition coefficient (Wildman–Crippen LogP) is 4.42. The number of aryl methyl sites for hydroxylation is 1. The Hall–Kier alpha value is -1.48. The van der Waals surface area contributed by atoms with Crippen LogP contribution in [0.3, 0.4) is 0 Å². The lowest BCUT2D eigenvalue weighted by Crippen LogP contribution is -2.05. The van der Waals surface area contributed by atoms with E-state index in [4.69, 9.17) is 4.74 Å². The molecule has 0 fully saturated rings. The molecule has 0 saturated carbocycles. The first kappa shape index (κ1) is 13.9. The molecule has 0 atom stereocenters. The molecule has 2 nitrogen and oxygen atoms in total. The summed E-state index contributed by atoms with van der Waals surface area (Å²) in [6, 6.07) is 14.5. The minimum atomic E-state index is 0.901. The Balaban J connectivity index is 1.90. The molecule has 0 bridgehead atoms. The van der Waals surface area contributed by atoms with Crippen LogP contribution in [0, 0.1) is 6.92 Å². The van der Waals surface area contributed by atoms with E-state index in [1.54, 1.807) is 7.11 Å². The second kappa shape index (κ2) is 6.62. The lowest BCUT2D eigenvalue weighted by Gasteiger charge is -2.10. The van der Waals surface area contributed by atoms with E-state index in [1.165, 1.54) is 11.1 Å². The van der Waals surface area contributed by atoms with Crippen molar-refractivity contribution < 1.29 is 4.74 Å². The van der Waals surface area contributed by atoms with Crippen LogP contribution in [0.1, 0.15) is 11.1 Å². The topological polar surface area (TPSA) is 21.3 Å². The fraction of sp³-hybridized carbons (Fsp3) is 0.250. The van der Waals surface area contributed by atoms with Crippen LogP contribution < -0.4 is 10.1 Å². The number of halogens is 1. The highest BCUT2D eigenvalue weighted by Gasteiger charge is 2.00. The number of anilines is 1. The minimum absolute atomic E-state index is 0.901. The van der Waals surface area contributed by atoms with Crippen LogP contribution >= 0.6 is 15.9 Å². The maximum absolute atomic E-state index is 5.15. The first-order valence-corrected chi connectivity index (χ1v) is 7.11. The largest absolute Gasteiger partial charge is 0.497 e. The molecule has 0 aliphatic heterocycles. The van der Waals surface area contributed by atoms with Gasteiger partial charge in [0.25, 0.3) is 0 Å². The van der Waals surface area contributed by atoms with Gasteiger partial charge in [-0.3, -0.25) is 0 Å². The van der Waals surface area contributed by atoms with Crippen molar-refractivity contribution in [2.75, 3.05) is 19.0 Å². The summed E-state index contributed by atoms with van der Waals surface area (Å²) in [5.74, 6) is 0.901. The molecule has 0 aliphatic carbocycles. The summed E-state index contributed by atoms with van der Waals surface area (Å²) in [5, 5.41) is 3.45. The van der Waals surface area contributed by atoms with E-state index in [0.29, 0.717) is 0 Å². The van der Waals surface area contributed by atoms with E-state index >= 15 is 0 Å². The van der Waals surface area contributed by atoms with Crippen LogP contribution in [0.15, 0.2) is 46.9 Å². The zero-order valence-electron chi connectivity index (χ0n) is 11.2. The molecule has 0 saturated heterocycles. The molecule has 2 rings (SSSR count). The van der Waals surface area contributed by atoms with E-state index in [2.05, 4.69) is 58.5 Å². The summed E-state index contributed by atoms with van der Waals surface area (Å²) in [7, 11) is 1.69. The lowest BCUT2D eigenvalue weighted by atomic mass is 10.1. The SMILES string of the molecule is COc1ccc(CCNc2cc(C)ccc2Br)cc1. The van der Waals surface area contributed by atoms with E-state index in [1.807, 2.05) is 12.1 Å². The van der Waals surface area contributed by atoms with Gasteiger partial charge in [0.2, 0.25) is 0 Å². The molecule has 0 radical (unpaired) electrons. The maximum Gasteiger partial charge on any atom is 0.118 e. The molecule has 3 heteroatoms. The first-order valence-electron chi connectivity index (χ1n) is 6.32. The summed E-state index contributed by atoms with van der Waals surface area (Å²) < 4.78 is 6.25. The van der Waals surface area contributed by atoms with Gasteiger partial charge in [-0.05, 0) is 64.7 Å². The smallest absolute Gasteiger partial charge is 0.118 e. The summed E-state index contributed by atoms with van der Waals surface area (Å²) in [6.45, 7) is 3.01. The zero-order chi connectivity index (χ0) is 13.7. The van der Waals surface area contributed by atoms with E-state index in [0.717, 1.165) is 28.9 Å². The molecule has 1 N–H and O–H groups in total. The molecule has 0 unspecified atom stereocenters. The highest BCUT2D eigenvalue weighted by atomic mass is 79.9. The molecule has 0 amide bonds. The van der Waals surface area contributed by atoms with Crippen LogP contribution in [-0.4, -0.2) is 13.7 Å². The fourth-order valence-corrected chi connectivity index (χ4v) is 2.30. The van der Waals surface area contributed by atoms with Gasteiger partial charge in [-0.1, -0.05) is 18.2 Å². The minimum Gasteiger partial charge on any atom is -0.497 e. The average Bonchev–Trinajstić information content (AvgIpc) is 2.43. The fourth-order valence-electron chi connectivity index (χ4n) is 1.91. The van der Waals surface area contributed by atoms with Crippen molar-refractivity contribution in [2.45, 2.75) is 13.3 Å². The molecular formula is C16H18BrNO. The number of hydrogen-bond donors (Lipinski definition) is 1. The Bertz CT molecular complexity index is 537. The molecule has 2 aromatic rings. The van der Waals surface area contributed by atoms with Crippen LogP contribution in [0.5, 0.6) is 5.75 Å². The number of ether oxygens (including phenoxy) is 1.